The zero-order valence-electron chi connectivity index (χ0n) is 8.95. The highest BCUT2D eigenvalue weighted by molar-refractivity contribution is 9.10. The number of hydrogen-bond donors (Lipinski definition) is 3. The fourth-order valence-corrected chi connectivity index (χ4v) is 1.88. The highest BCUT2D eigenvalue weighted by Crippen LogP contribution is 2.35. The average molecular weight is 321 g/mol. The monoisotopic (exact) mass is 319 g/mol. The molecule has 6 N–H and O–H groups in total. The molecular weight excluding hydrogens is 309 g/mol. The molecule has 8 heteroatoms. The molecule has 0 saturated carbocycles. The van der Waals surface area contributed by atoms with Crippen LogP contribution in [-0.4, -0.2) is 19.0 Å². The van der Waals surface area contributed by atoms with E-state index < -0.39 is 0 Å². The third-order valence-electron chi connectivity index (χ3n) is 1.70. The van der Waals surface area contributed by atoms with Crippen LogP contribution in [0.5, 0.6) is 5.75 Å². The Morgan fingerprint density at radius 3 is 2.53 bits per heavy atom. The van der Waals surface area contributed by atoms with Gasteiger partial charge in [-0.05, 0) is 22.0 Å². The van der Waals surface area contributed by atoms with Crippen molar-refractivity contribution >= 4 is 45.1 Å². The Balaban J connectivity index is 3.19. The molecule has 0 unspecified atom stereocenters. The summed E-state index contributed by atoms with van der Waals surface area (Å²) in [5, 5.41) is 0.395. The van der Waals surface area contributed by atoms with Crippen LogP contribution >= 0.6 is 27.5 Å². The van der Waals surface area contributed by atoms with Gasteiger partial charge in [0, 0.05) is 6.07 Å². The van der Waals surface area contributed by atoms with Crippen molar-refractivity contribution in [1.82, 2.24) is 0 Å². The van der Waals surface area contributed by atoms with Crippen LogP contribution in [0.1, 0.15) is 0 Å². The average Bonchev–Trinajstić information content (AvgIpc) is 2.20. The minimum atomic E-state index is -0.175. The molecule has 17 heavy (non-hydrogen) atoms. The molecule has 1 aromatic carbocycles. The summed E-state index contributed by atoms with van der Waals surface area (Å²) in [6.07, 6.45) is 0. The first kappa shape index (κ1) is 13.6. The van der Waals surface area contributed by atoms with Crippen LogP contribution in [0.15, 0.2) is 26.6 Å². The Kier molecular flexibility index (Phi) is 4.59. The highest BCUT2D eigenvalue weighted by atomic mass is 79.9. The van der Waals surface area contributed by atoms with E-state index in [1.807, 2.05) is 0 Å². The molecule has 0 spiro atoms. The van der Waals surface area contributed by atoms with Crippen LogP contribution in [0.2, 0.25) is 5.02 Å². The first-order valence-electron chi connectivity index (χ1n) is 4.41. The lowest BCUT2D eigenvalue weighted by molar-refractivity contribution is 0.412. The van der Waals surface area contributed by atoms with Gasteiger partial charge in [0.25, 0.3) is 0 Å². The lowest BCUT2D eigenvalue weighted by Crippen LogP contribution is -2.26. The molecule has 1 rings (SSSR count). The van der Waals surface area contributed by atoms with Gasteiger partial charge in [0.2, 0.25) is 5.96 Å². The largest absolute Gasteiger partial charge is 0.495 e. The third-order valence-corrected chi connectivity index (χ3v) is 2.62. The van der Waals surface area contributed by atoms with Crippen LogP contribution in [-0.2, 0) is 0 Å². The second-order valence-corrected chi connectivity index (χ2v) is 4.21. The fraction of sp³-hybridized carbons (Fsp3) is 0.111. The summed E-state index contributed by atoms with van der Waals surface area (Å²) in [7, 11) is 1.53. The van der Waals surface area contributed by atoms with Crippen LogP contribution < -0.4 is 21.9 Å². The number of hydrogen-bond acceptors (Lipinski definition) is 2. The number of halogens is 2. The number of rotatable bonds is 2. The maximum Gasteiger partial charge on any atom is 0.223 e. The van der Waals surface area contributed by atoms with Crippen LogP contribution in [0.25, 0.3) is 0 Å². The quantitative estimate of drug-likeness (QED) is 0.563. The highest BCUT2D eigenvalue weighted by Gasteiger charge is 2.07. The van der Waals surface area contributed by atoms with Crippen molar-refractivity contribution in [3.63, 3.8) is 0 Å². The summed E-state index contributed by atoms with van der Waals surface area (Å²) in [6, 6.07) is 3.25. The van der Waals surface area contributed by atoms with Crippen molar-refractivity contribution in [2.45, 2.75) is 0 Å². The number of ether oxygens (including phenoxy) is 1. The van der Waals surface area contributed by atoms with Gasteiger partial charge in [-0.15, -0.1) is 0 Å². The van der Waals surface area contributed by atoms with E-state index >= 15 is 0 Å². The number of guanidine groups is 2. The van der Waals surface area contributed by atoms with Crippen molar-refractivity contribution < 1.29 is 4.74 Å². The molecule has 0 aliphatic rings. The van der Waals surface area contributed by atoms with Gasteiger partial charge in [-0.2, -0.15) is 4.99 Å². The van der Waals surface area contributed by atoms with Crippen LogP contribution in [0.4, 0.5) is 5.69 Å². The summed E-state index contributed by atoms with van der Waals surface area (Å²) in [4.78, 5) is 7.54. The van der Waals surface area contributed by atoms with Crippen molar-refractivity contribution in [3.8, 4) is 5.75 Å². The normalized spacial score (nSPS) is 11.1. The minimum absolute atomic E-state index is 0.0868. The fourth-order valence-electron chi connectivity index (χ4n) is 1.04. The maximum atomic E-state index is 5.98. The molecule has 0 aliphatic heterocycles. The molecule has 0 aromatic heterocycles. The Morgan fingerprint density at radius 1 is 1.35 bits per heavy atom. The first-order chi connectivity index (χ1) is 7.93. The number of nitrogens with two attached hydrogens (primary N) is 3. The van der Waals surface area contributed by atoms with Crippen molar-refractivity contribution in [2.75, 3.05) is 7.11 Å². The van der Waals surface area contributed by atoms with E-state index in [-0.39, 0.29) is 11.9 Å². The number of aliphatic imine (C=N–C) groups is 2. The topological polar surface area (TPSA) is 112 Å². The Labute approximate surface area is 112 Å². The van der Waals surface area contributed by atoms with Gasteiger partial charge in [0.15, 0.2) is 5.96 Å². The lowest BCUT2D eigenvalue weighted by atomic mass is 10.3. The predicted molar refractivity (Wildman–Crippen MR) is 72.8 cm³/mol. The molecule has 0 radical (unpaired) electrons. The molecule has 0 aliphatic carbocycles. The summed E-state index contributed by atoms with van der Waals surface area (Å²) in [5.74, 6) is 0.313. The van der Waals surface area contributed by atoms with Gasteiger partial charge in [-0.25, -0.2) is 4.99 Å². The van der Waals surface area contributed by atoms with Crippen molar-refractivity contribution in [1.29, 1.82) is 0 Å². The smallest absolute Gasteiger partial charge is 0.223 e. The summed E-state index contributed by atoms with van der Waals surface area (Å²) < 4.78 is 5.81. The van der Waals surface area contributed by atoms with Crippen LogP contribution in [0.3, 0.4) is 0 Å². The van der Waals surface area contributed by atoms with Crippen LogP contribution in [0, 0.1) is 0 Å². The van der Waals surface area contributed by atoms with Gasteiger partial charge in [-0.1, -0.05) is 11.6 Å². The SMILES string of the molecule is COc1cc(N=C(N)N=C(N)N)c(Cl)cc1Br. The second kappa shape index (κ2) is 5.74. The number of methoxy groups -OCH3 is 1. The molecule has 0 saturated heterocycles. The van der Waals surface area contributed by atoms with E-state index in [0.717, 1.165) is 0 Å². The minimum Gasteiger partial charge on any atom is -0.495 e. The maximum absolute atomic E-state index is 5.98. The van der Waals surface area contributed by atoms with E-state index in [9.17, 15) is 0 Å². The third kappa shape index (κ3) is 3.79. The number of nitrogens with zero attached hydrogens (tertiary/aromatic N) is 2. The van der Waals surface area contributed by atoms with Crippen molar-refractivity contribution in [2.24, 2.45) is 27.2 Å². The molecule has 0 bridgehead atoms. The van der Waals surface area contributed by atoms with Gasteiger partial charge < -0.3 is 21.9 Å². The van der Waals surface area contributed by atoms with Gasteiger partial charge in [-0.3, -0.25) is 0 Å². The Hall–Kier alpha value is -1.47. The van der Waals surface area contributed by atoms with E-state index in [0.29, 0.717) is 20.9 Å². The molecule has 1 aromatic rings. The summed E-state index contributed by atoms with van der Waals surface area (Å²) in [6.45, 7) is 0. The summed E-state index contributed by atoms with van der Waals surface area (Å²) in [5.41, 5.74) is 16.2. The first-order valence-corrected chi connectivity index (χ1v) is 5.58. The molecule has 0 atom stereocenters. The van der Waals surface area contributed by atoms with Gasteiger partial charge >= 0.3 is 0 Å². The van der Waals surface area contributed by atoms with Gasteiger partial charge in [0.1, 0.15) is 5.75 Å². The second-order valence-electron chi connectivity index (χ2n) is 2.94. The van der Waals surface area contributed by atoms with Gasteiger partial charge in [0.05, 0.1) is 22.3 Å². The molecule has 6 nitrogen and oxygen atoms in total. The zero-order chi connectivity index (χ0) is 13.0. The number of benzene rings is 1. The van der Waals surface area contributed by atoms with E-state index in [1.54, 1.807) is 12.1 Å². The van der Waals surface area contributed by atoms with Crippen molar-refractivity contribution in [3.05, 3.63) is 21.6 Å². The standard InChI is InChI=1S/C9H11BrClN5O/c1-17-7-3-6(5(11)2-4(7)10)15-9(14)16-8(12)13/h2-3H,1H3,(H6,12,13,14,15,16). The van der Waals surface area contributed by atoms with E-state index in [2.05, 4.69) is 25.9 Å². The molecule has 0 amide bonds. The zero-order valence-corrected chi connectivity index (χ0v) is 11.3. The Morgan fingerprint density at radius 2 is 2.00 bits per heavy atom. The predicted octanol–water partition coefficient (Wildman–Crippen LogP) is 1.33. The Bertz CT molecular complexity index is 485. The summed E-state index contributed by atoms with van der Waals surface area (Å²) >= 11 is 9.27. The van der Waals surface area contributed by atoms with E-state index in [4.69, 9.17) is 33.5 Å². The van der Waals surface area contributed by atoms with E-state index in [1.165, 1.54) is 7.11 Å². The molecular formula is C9H11BrClN5O. The molecule has 0 fully saturated rings. The molecule has 92 valence electrons. The molecule has 0 heterocycles. The lowest BCUT2D eigenvalue weighted by Gasteiger charge is -2.06.